The normalized spacial score (nSPS) is 15.1. The Bertz CT molecular complexity index is 376. The van der Waals surface area contributed by atoms with Crippen LogP contribution in [0.4, 0.5) is 5.69 Å². The van der Waals surface area contributed by atoms with Gasteiger partial charge in [-0.05, 0) is 53.1 Å². The number of hydrogen-bond acceptors (Lipinski definition) is 1. The van der Waals surface area contributed by atoms with Crippen LogP contribution in [0, 0.1) is 3.57 Å². The lowest BCUT2D eigenvalue weighted by Crippen LogP contribution is -2.33. The van der Waals surface area contributed by atoms with E-state index in [0.717, 1.165) is 25.1 Å². The van der Waals surface area contributed by atoms with Crippen LogP contribution in [0.1, 0.15) is 18.9 Å². The summed E-state index contributed by atoms with van der Waals surface area (Å²) in [5, 5.41) is 0. The van der Waals surface area contributed by atoms with Gasteiger partial charge in [-0.15, -0.1) is 0 Å². The van der Waals surface area contributed by atoms with Crippen molar-refractivity contribution in [3.05, 3.63) is 27.3 Å². The first-order chi connectivity index (χ1) is 6.68. The highest BCUT2D eigenvalue weighted by Crippen LogP contribution is 2.28. The molecule has 1 amide bonds. The molecule has 0 bridgehead atoms. The molecule has 2 rings (SSSR count). The van der Waals surface area contributed by atoms with Crippen LogP contribution in [0.15, 0.2) is 18.2 Å². The van der Waals surface area contributed by atoms with E-state index in [1.807, 2.05) is 4.90 Å². The Morgan fingerprint density at radius 1 is 1.50 bits per heavy atom. The van der Waals surface area contributed by atoms with Gasteiger partial charge in [-0.2, -0.15) is 0 Å². The van der Waals surface area contributed by atoms with Crippen molar-refractivity contribution in [3.63, 3.8) is 0 Å². The number of carbonyl (C=O) groups is 1. The zero-order valence-electron chi connectivity index (χ0n) is 8.09. The Labute approximate surface area is 97.4 Å². The molecule has 0 atom stereocenters. The van der Waals surface area contributed by atoms with Gasteiger partial charge >= 0.3 is 0 Å². The number of nitrogens with zero attached hydrogens (tertiary/aromatic N) is 1. The number of hydrogen-bond donors (Lipinski definition) is 0. The fourth-order valence-electron chi connectivity index (χ4n) is 1.87. The minimum absolute atomic E-state index is 0.146. The van der Waals surface area contributed by atoms with Crippen molar-refractivity contribution in [2.75, 3.05) is 11.4 Å². The largest absolute Gasteiger partial charge is 0.312 e. The van der Waals surface area contributed by atoms with E-state index in [1.165, 1.54) is 9.13 Å². The molecule has 1 heterocycles. The molecule has 0 saturated heterocycles. The van der Waals surface area contributed by atoms with E-state index in [9.17, 15) is 4.79 Å². The van der Waals surface area contributed by atoms with Crippen molar-refractivity contribution in [2.24, 2.45) is 0 Å². The van der Waals surface area contributed by atoms with Gasteiger partial charge in [0, 0.05) is 22.7 Å². The molecule has 1 aromatic rings. The van der Waals surface area contributed by atoms with Crippen LogP contribution in [0.25, 0.3) is 0 Å². The Morgan fingerprint density at radius 3 is 3.00 bits per heavy atom. The van der Waals surface area contributed by atoms with Gasteiger partial charge in [0.15, 0.2) is 0 Å². The number of aryl methyl sites for hydroxylation is 1. The molecule has 0 unspecified atom stereocenters. The summed E-state index contributed by atoms with van der Waals surface area (Å²) in [5.74, 6) is 0.146. The van der Waals surface area contributed by atoms with Crippen molar-refractivity contribution in [1.29, 1.82) is 0 Å². The Balaban J connectivity index is 2.46. The molecule has 0 aromatic heterocycles. The third-order valence-electron chi connectivity index (χ3n) is 2.55. The molecule has 0 spiro atoms. The Hall–Kier alpha value is -0.580. The monoisotopic (exact) mass is 301 g/mol. The summed E-state index contributed by atoms with van der Waals surface area (Å²) in [6.07, 6.45) is 2.17. The van der Waals surface area contributed by atoms with Crippen LogP contribution in [-0.4, -0.2) is 12.5 Å². The molecule has 0 saturated carbocycles. The molecule has 14 heavy (non-hydrogen) atoms. The molecule has 0 aliphatic carbocycles. The zero-order valence-corrected chi connectivity index (χ0v) is 10.2. The summed E-state index contributed by atoms with van der Waals surface area (Å²) in [7, 11) is 0. The highest BCUT2D eigenvalue weighted by atomic mass is 127. The fourth-order valence-corrected chi connectivity index (χ4v) is 2.35. The van der Waals surface area contributed by atoms with Crippen molar-refractivity contribution in [1.82, 2.24) is 0 Å². The van der Waals surface area contributed by atoms with Gasteiger partial charge in [0.25, 0.3) is 0 Å². The maximum absolute atomic E-state index is 11.4. The highest BCUT2D eigenvalue weighted by molar-refractivity contribution is 14.1. The van der Waals surface area contributed by atoms with Crippen LogP contribution in [0.2, 0.25) is 0 Å². The zero-order chi connectivity index (χ0) is 10.1. The maximum atomic E-state index is 11.4. The molecular formula is C11H12INO. The van der Waals surface area contributed by atoms with Gasteiger partial charge in [0.1, 0.15) is 0 Å². The van der Waals surface area contributed by atoms with Gasteiger partial charge in [0.2, 0.25) is 5.91 Å². The summed E-state index contributed by atoms with van der Waals surface area (Å²) in [5.41, 5.74) is 2.41. The number of fused-ring (bicyclic) bond motifs is 1. The van der Waals surface area contributed by atoms with Gasteiger partial charge in [-0.3, -0.25) is 4.79 Å². The number of benzene rings is 1. The second-order valence-electron chi connectivity index (χ2n) is 3.55. The molecule has 2 nitrogen and oxygen atoms in total. The standard InChI is InChI=1S/C11H12INO/c1-8(14)13-6-2-3-9-4-5-10(12)7-11(9)13/h4-5,7H,2-3,6H2,1H3. The molecule has 74 valence electrons. The summed E-state index contributed by atoms with van der Waals surface area (Å²) >= 11 is 2.28. The topological polar surface area (TPSA) is 20.3 Å². The average molecular weight is 301 g/mol. The highest BCUT2D eigenvalue weighted by Gasteiger charge is 2.19. The first kappa shape index (κ1) is 9.96. The van der Waals surface area contributed by atoms with Crippen molar-refractivity contribution < 1.29 is 4.79 Å². The van der Waals surface area contributed by atoms with Crippen molar-refractivity contribution in [2.45, 2.75) is 19.8 Å². The second-order valence-corrected chi connectivity index (χ2v) is 4.79. The molecule has 0 fully saturated rings. The number of amides is 1. The number of rotatable bonds is 0. The van der Waals surface area contributed by atoms with Crippen LogP contribution in [0.3, 0.4) is 0 Å². The number of halogens is 1. The van der Waals surface area contributed by atoms with E-state index >= 15 is 0 Å². The van der Waals surface area contributed by atoms with E-state index in [2.05, 4.69) is 40.8 Å². The lowest BCUT2D eigenvalue weighted by Gasteiger charge is -2.28. The predicted octanol–water partition coefficient (Wildman–Crippen LogP) is 2.59. The minimum atomic E-state index is 0.146. The summed E-state index contributed by atoms with van der Waals surface area (Å²) < 4.78 is 1.19. The van der Waals surface area contributed by atoms with Crippen molar-refractivity contribution in [3.8, 4) is 0 Å². The minimum Gasteiger partial charge on any atom is -0.312 e. The Morgan fingerprint density at radius 2 is 2.29 bits per heavy atom. The van der Waals surface area contributed by atoms with E-state index in [4.69, 9.17) is 0 Å². The third kappa shape index (κ3) is 1.78. The first-order valence-electron chi connectivity index (χ1n) is 4.75. The second kappa shape index (κ2) is 3.88. The van der Waals surface area contributed by atoms with Crippen LogP contribution >= 0.6 is 22.6 Å². The SMILES string of the molecule is CC(=O)N1CCCc2ccc(I)cc21. The third-order valence-corrected chi connectivity index (χ3v) is 3.22. The lowest BCUT2D eigenvalue weighted by atomic mass is 10.0. The molecule has 1 aromatic carbocycles. The molecule has 0 radical (unpaired) electrons. The maximum Gasteiger partial charge on any atom is 0.223 e. The molecule has 3 heteroatoms. The van der Waals surface area contributed by atoms with Crippen LogP contribution in [-0.2, 0) is 11.2 Å². The lowest BCUT2D eigenvalue weighted by molar-refractivity contribution is -0.116. The van der Waals surface area contributed by atoms with Gasteiger partial charge in [0.05, 0.1) is 0 Å². The summed E-state index contributed by atoms with van der Waals surface area (Å²) in [6, 6.07) is 6.33. The summed E-state index contributed by atoms with van der Waals surface area (Å²) in [4.78, 5) is 13.3. The van der Waals surface area contributed by atoms with E-state index in [0.29, 0.717) is 0 Å². The molecular weight excluding hydrogens is 289 g/mol. The fraction of sp³-hybridized carbons (Fsp3) is 0.364. The van der Waals surface area contributed by atoms with E-state index < -0.39 is 0 Å². The van der Waals surface area contributed by atoms with Crippen molar-refractivity contribution >= 4 is 34.2 Å². The van der Waals surface area contributed by atoms with E-state index in [1.54, 1.807) is 6.92 Å². The smallest absolute Gasteiger partial charge is 0.223 e. The van der Waals surface area contributed by atoms with Gasteiger partial charge < -0.3 is 4.90 Å². The average Bonchev–Trinajstić information content (AvgIpc) is 2.16. The molecule has 1 aliphatic heterocycles. The first-order valence-corrected chi connectivity index (χ1v) is 5.83. The predicted molar refractivity (Wildman–Crippen MR) is 65.5 cm³/mol. The summed E-state index contributed by atoms with van der Waals surface area (Å²) in [6.45, 7) is 2.50. The van der Waals surface area contributed by atoms with E-state index in [-0.39, 0.29) is 5.91 Å². The molecule has 1 aliphatic rings. The quantitative estimate of drug-likeness (QED) is 0.675. The van der Waals surface area contributed by atoms with Gasteiger partial charge in [-0.1, -0.05) is 6.07 Å². The Kier molecular flexibility index (Phi) is 2.76. The van der Waals surface area contributed by atoms with Crippen LogP contribution < -0.4 is 4.90 Å². The number of anilines is 1. The van der Waals surface area contributed by atoms with Crippen LogP contribution in [0.5, 0.6) is 0 Å². The number of carbonyl (C=O) groups excluding carboxylic acids is 1. The molecule has 0 N–H and O–H groups in total. The van der Waals surface area contributed by atoms with Gasteiger partial charge in [-0.25, -0.2) is 0 Å².